The molecule has 0 unspecified atom stereocenters. The molecule has 0 spiro atoms. The van der Waals surface area contributed by atoms with Crippen LogP contribution in [0.4, 0.5) is 0 Å². The third-order valence-corrected chi connectivity index (χ3v) is 3.24. The maximum Gasteiger partial charge on any atom is 0.338 e. The SMILES string of the molecule is NC(=O)c1ccc(C(=O)OCc2nnsc2Cl)cc1. The second kappa shape index (κ2) is 5.77. The smallest absolute Gasteiger partial charge is 0.338 e. The second-order valence-corrected chi connectivity index (χ2v) is 4.87. The Morgan fingerprint density at radius 2 is 1.89 bits per heavy atom. The van der Waals surface area contributed by atoms with Gasteiger partial charge in [-0.05, 0) is 24.3 Å². The molecule has 2 N–H and O–H groups in total. The van der Waals surface area contributed by atoms with Crippen LogP contribution in [-0.2, 0) is 11.3 Å². The molecule has 0 fully saturated rings. The standard InChI is InChI=1S/C11H8ClN3O3S/c12-9-8(14-15-19-9)5-18-11(17)7-3-1-6(2-4-7)10(13)16/h1-4H,5H2,(H2,13,16). The van der Waals surface area contributed by atoms with Gasteiger partial charge in [-0.15, -0.1) is 5.10 Å². The van der Waals surface area contributed by atoms with Crippen molar-refractivity contribution in [2.75, 3.05) is 0 Å². The van der Waals surface area contributed by atoms with Crippen LogP contribution in [-0.4, -0.2) is 21.5 Å². The Morgan fingerprint density at radius 3 is 2.42 bits per heavy atom. The number of nitrogens with zero attached hydrogens (tertiary/aromatic N) is 2. The summed E-state index contributed by atoms with van der Waals surface area (Å²) < 4.78 is 9.02. The van der Waals surface area contributed by atoms with Gasteiger partial charge >= 0.3 is 5.97 Å². The van der Waals surface area contributed by atoms with Crippen LogP contribution in [0.2, 0.25) is 4.34 Å². The minimum atomic E-state index is -0.555. The number of halogens is 1. The highest BCUT2D eigenvalue weighted by Gasteiger charge is 2.11. The topological polar surface area (TPSA) is 95.2 Å². The molecule has 0 saturated heterocycles. The van der Waals surface area contributed by atoms with Crippen LogP contribution >= 0.6 is 23.1 Å². The molecule has 1 amide bonds. The Bertz CT molecular complexity index is 612. The fourth-order valence-corrected chi connectivity index (χ4v) is 1.87. The first-order valence-electron chi connectivity index (χ1n) is 5.11. The van der Waals surface area contributed by atoms with Gasteiger partial charge in [0.25, 0.3) is 0 Å². The highest BCUT2D eigenvalue weighted by molar-refractivity contribution is 7.10. The van der Waals surface area contributed by atoms with Crippen molar-refractivity contribution in [3.05, 3.63) is 45.4 Å². The quantitative estimate of drug-likeness (QED) is 0.866. The third kappa shape index (κ3) is 3.27. The molecule has 98 valence electrons. The van der Waals surface area contributed by atoms with Gasteiger partial charge in [-0.2, -0.15) is 0 Å². The highest BCUT2D eigenvalue weighted by atomic mass is 35.5. The van der Waals surface area contributed by atoms with E-state index in [0.29, 0.717) is 21.2 Å². The monoisotopic (exact) mass is 297 g/mol. The van der Waals surface area contributed by atoms with E-state index in [2.05, 4.69) is 9.59 Å². The molecular formula is C11H8ClN3O3S. The molecule has 0 radical (unpaired) electrons. The van der Waals surface area contributed by atoms with Gasteiger partial charge in [0, 0.05) is 17.1 Å². The van der Waals surface area contributed by atoms with Crippen LogP contribution in [0, 0.1) is 0 Å². The predicted molar refractivity (Wildman–Crippen MR) is 69.0 cm³/mol. The molecule has 0 aliphatic rings. The molecular weight excluding hydrogens is 290 g/mol. The molecule has 2 rings (SSSR count). The summed E-state index contributed by atoms with van der Waals surface area (Å²) in [6.07, 6.45) is 0. The van der Waals surface area contributed by atoms with E-state index < -0.39 is 11.9 Å². The van der Waals surface area contributed by atoms with Crippen LogP contribution in [0.15, 0.2) is 24.3 Å². The van der Waals surface area contributed by atoms with Crippen LogP contribution in [0.3, 0.4) is 0 Å². The number of rotatable bonds is 4. The molecule has 2 aromatic rings. The normalized spacial score (nSPS) is 10.2. The van der Waals surface area contributed by atoms with Crippen LogP contribution < -0.4 is 5.73 Å². The number of amides is 1. The fourth-order valence-electron chi connectivity index (χ4n) is 1.27. The number of hydrogen-bond acceptors (Lipinski definition) is 6. The van der Waals surface area contributed by atoms with Crippen molar-refractivity contribution in [2.45, 2.75) is 6.61 Å². The molecule has 0 bridgehead atoms. The molecule has 0 aliphatic heterocycles. The predicted octanol–water partition coefficient (Wildman–Crippen LogP) is 1.65. The molecule has 19 heavy (non-hydrogen) atoms. The van der Waals surface area contributed by atoms with Crippen molar-refractivity contribution in [3.63, 3.8) is 0 Å². The van der Waals surface area contributed by atoms with Crippen molar-refractivity contribution >= 4 is 35.0 Å². The lowest BCUT2D eigenvalue weighted by molar-refractivity contribution is 0.0467. The maximum absolute atomic E-state index is 11.7. The molecule has 1 aromatic carbocycles. The number of primary amides is 1. The van der Waals surface area contributed by atoms with Gasteiger partial charge in [0.1, 0.15) is 16.6 Å². The van der Waals surface area contributed by atoms with Gasteiger partial charge in [-0.3, -0.25) is 4.79 Å². The number of aromatic nitrogens is 2. The first kappa shape index (κ1) is 13.4. The number of hydrogen-bond donors (Lipinski definition) is 1. The number of benzene rings is 1. The van der Waals surface area contributed by atoms with Crippen molar-refractivity contribution < 1.29 is 14.3 Å². The third-order valence-electron chi connectivity index (χ3n) is 2.25. The average molecular weight is 298 g/mol. The summed E-state index contributed by atoms with van der Waals surface area (Å²) in [5.41, 5.74) is 6.14. The lowest BCUT2D eigenvalue weighted by atomic mass is 10.1. The Hall–Kier alpha value is -1.99. The number of nitrogens with two attached hydrogens (primary N) is 1. The molecule has 0 aliphatic carbocycles. The van der Waals surface area contributed by atoms with Crippen LogP contribution in [0.1, 0.15) is 26.4 Å². The summed E-state index contributed by atoms with van der Waals surface area (Å²) in [5, 5.41) is 3.72. The van der Waals surface area contributed by atoms with Crippen molar-refractivity contribution in [3.8, 4) is 0 Å². The Labute approximate surface area is 117 Å². The minimum absolute atomic E-state index is 0.0499. The maximum atomic E-state index is 11.7. The molecule has 8 heteroatoms. The molecule has 6 nitrogen and oxygen atoms in total. The number of carbonyl (C=O) groups excluding carboxylic acids is 2. The van der Waals surface area contributed by atoms with E-state index in [9.17, 15) is 9.59 Å². The summed E-state index contributed by atoms with van der Waals surface area (Å²) in [6, 6.07) is 5.83. The first-order valence-corrected chi connectivity index (χ1v) is 6.27. The van der Waals surface area contributed by atoms with Gasteiger partial charge in [0.15, 0.2) is 0 Å². The Morgan fingerprint density at radius 1 is 1.26 bits per heavy atom. The Balaban J connectivity index is 2.00. The number of ether oxygens (including phenoxy) is 1. The van der Waals surface area contributed by atoms with Gasteiger partial charge in [-0.1, -0.05) is 16.1 Å². The lowest BCUT2D eigenvalue weighted by Gasteiger charge is -2.03. The number of esters is 1. The van der Waals surface area contributed by atoms with E-state index >= 15 is 0 Å². The fraction of sp³-hybridized carbons (Fsp3) is 0.0909. The van der Waals surface area contributed by atoms with Gasteiger partial charge in [0.2, 0.25) is 5.91 Å². The van der Waals surface area contributed by atoms with Gasteiger partial charge < -0.3 is 10.5 Å². The van der Waals surface area contributed by atoms with E-state index in [-0.39, 0.29) is 6.61 Å². The summed E-state index contributed by atoms with van der Waals surface area (Å²) in [6.45, 7) is -0.0499. The molecule has 1 aromatic heterocycles. The van der Waals surface area contributed by atoms with Crippen molar-refractivity contribution in [1.82, 2.24) is 9.59 Å². The van der Waals surface area contributed by atoms with Crippen molar-refractivity contribution in [1.29, 1.82) is 0 Å². The van der Waals surface area contributed by atoms with Gasteiger partial charge in [-0.25, -0.2) is 4.79 Å². The zero-order valence-electron chi connectivity index (χ0n) is 9.50. The largest absolute Gasteiger partial charge is 0.455 e. The average Bonchev–Trinajstić information content (AvgIpc) is 2.81. The Kier molecular flexibility index (Phi) is 4.08. The summed E-state index contributed by atoms with van der Waals surface area (Å²) in [4.78, 5) is 22.6. The second-order valence-electron chi connectivity index (χ2n) is 3.51. The molecule has 0 atom stereocenters. The van der Waals surface area contributed by atoms with E-state index in [1.807, 2.05) is 0 Å². The summed E-state index contributed by atoms with van der Waals surface area (Å²) in [7, 11) is 0. The van der Waals surface area contributed by atoms with E-state index in [0.717, 1.165) is 11.5 Å². The van der Waals surface area contributed by atoms with Gasteiger partial charge in [0.05, 0.1) is 5.56 Å². The van der Waals surface area contributed by atoms with Crippen LogP contribution in [0.25, 0.3) is 0 Å². The summed E-state index contributed by atoms with van der Waals surface area (Å²) in [5.74, 6) is -1.10. The van der Waals surface area contributed by atoms with E-state index in [1.165, 1.54) is 24.3 Å². The lowest BCUT2D eigenvalue weighted by Crippen LogP contribution is -2.11. The molecule has 1 heterocycles. The highest BCUT2D eigenvalue weighted by Crippen LogP contribution is 2.18. The zero-order chi connectivity index (χ0) is 13.8. The number of carbonyl (C=O) groups is 2. The van der Waals surface area contributed by atoms with E-state index in [1.54, 1.807) is 0 Å². The van der Waals surface area contributed by atoms with Crippen molar-refractivity contribution in [2.24, 2.45) is 5.73 Å². The zero-order valence-corrected chi connectivity index (χ0v) is 11.1. The van der Waals surface area contributed by atoms with E-state index in [4.69, 9.17) is 22.1 Å². The minimum Gasteiger partial charge on any atom is -0.455 e. The first-order chi connectivity index (χ1) is 9.08. The van der Waals surface area contributed by atoms with Crippen LogP contribution in [0.5, 0.6) is 0 Å². The summed E-state index contributed by atoms with van der Waals surface area (Å²) >= 11 is 6.79. The molecule has 0 saturated carbocycles.